The molecule has 3 heteroatoms. The van der Waals surface area contributed by atoms with E-state index in [0.29, 0.717) is 19.6 Å². The third-order valence-corrected chi connectivity index (χ3v) is 3.88. The lowest BCUT2D eigenvalue weighted by molar-refractivity contribution is -0.145. The SMILES string of the molecule is Cc1ccc(CCC(=O)N2CCOC(C)(C)C2)c(C)c1. The van der Waals surface area contributed by atoms with Crippen LogP contribution < -0.4 is 0 Å². The quantitative estimate of drug-likeness (QED) is 0.849. The standard InChI is InChI=1S/C17H25NO2/c1-13-5-6-15(14(2)11-13)7-8-16(19)18-9-10-20-17(3,4)12-18/h5-6,11H,7-10,12H2,1-4H3. The van der Waals surface area contributed by atoms with Crippen LogP contribution in [0.5, 0.6) is 0 Å². The Balaban J connectivity index is 1.92. The second-order valence-electron chi connectivity index (χ2n) is 6.35. The number of ether oxygens (including phenoxy) is 1. The Morgan fingerprint density at radius 3 is 2.75 bits per heavy atom. The Morgan fingerprint density at radius 1 is 1.35 bits per heavy atom. The van der Waals surface area contributed by atoms with E-state index in [1.807, 2.05) is 18.7 Å². The maximum absolute atomic E-state index is 12.3. The van der Waals surface area contributed by atoms with Gasteiger partial charge in [-0.3, -0.25) is 4.79 Å². The summed E-state index contributed by atoms with van der Waals surface area (Å²) < 4.78 is 5.65. The van der Waals surface area contributed by atoms with Crippen LogP contribution in [0.15, 0.2) is 18.2 Å². The summed E-state index contributed by atoms with van der Waals surface area (Å²) in [5, 5.41) is 0. The lowest BCUT2D eigenvalue weighted by Crippen LogP contribution is -2.50. The van der Waals surface area contributed by atoms with E-state index >= 15 is 0 Å². The van der Waals surface area contributed by atoms with Crippen molar-refractivity contribution in [1.29, 1.82) is 0 Å². The Bertz CT molecular complexity index is 494. The van der Waals surface area contributed by atoms with E-state index in [1.54, 1.807) is 0 Å². The van der Waals surface area contributed by atoms with Gasteiger partial charge in [-0.15, -0.1) is 0 Å². The molecule has 0 unspecified atom stereocenters. The lowest BCUT2D eigenvalue weighted by Gasteiger charge is -2.38. The Hall–Kier alpha value is -1.35. The molecule has 2 rings (SSSR count). The van der Waals surface area contributed by atoms with Crippen LogP contribution in [-0.4, -0.2) is 36.1 Å². The van der Waals surface area contributed by atoms with Gasteiger partial charge in [-0.1, -0.05) is 23.8 Å². The fraction of sp³-hybridized carbons (Fsp3) is 0.588. The molecule has 1 aliphatic rings. The minimum Gasteiger partial charge on any atom is -0.372 e. The molecule has 0 aromatic heterocycles. The zero-order valence-corrected chi connectivity index (χ0v) is 13.0. The summed E-state index contributed by atoms with van der Waals surface area (Å²) in [5.41, 5.74) is 3.61. The van der Waals surface area contributed by atoms with Crippen molar-refractivity contribution in [3.63, 3.8) is 0 Å². The van der Waals surface area contributed by atoms with Gasteiger partial charge < -0.3 is 9.64 Å². The van der Waals surface area contributed by atoms with Crippen molar-refractivity contribution >= 4 is 5.91 Å². The molecule has 0 radical (unpaired) electrons. The highest BCUT2D eigenvalue weighted by Crippen LogP contribution is 2.18. The first kappa shape index (κ1) is 15.0. The Morgan fingerprint density at radius 2 is 2.10 bits per heavy atom. The summed E-state index contributed by atoms with van der Waals surface area (Å²) in [4.78, 5) is 14.2. The molecule has 1 fully saturated rings. The molecular weight excluding hydrogens is 250 g/mol. The molecular formula is C17H25NO2. The number of hydrogen-bond acceptors (Lipinski definition) is 2. The number of carbonyl (C=O) groups excluding carboxylic acids is 1. The molecule has 0 atom stereocenters. The van der Waals surface area contributed by atoms with E-state index in [1.165, 1.54) is 16.7 Å². The number of nitrogens with zero attached hydrogens (tertiary/aromatic N) is 1. The normalized spacial score (nSPS) is 18.1. The van der Waals surface area contributed by atoms with Crippen LogP contribution in [0.2, 0.25) is 0 Å². The Kier molecular flexibility index (Phi) is 4.48. The van der Waals surface area contributed by atoms with Crippen LogP contribution in [0.3, 0.4) is 0 Å². The Labute approximate surface area is 121 Å². The van der Waals surface area contributed by atoms with Gasteiger partial charge in [-0.25, -0.2) is 0 Å². The summed E-state index contributed by atoms with van der Waals surface area (Å²) in [5.74, 6) is 0.237. The van der Waals surface area contributed by atoms with Gasteiger partial charge in [0.25, 0.3) is 0 Å². The van der Waals surface area contributed by atoms with Crippen LogP contribution in [0.1, 0.15) is 37.0 Å². The second-order valence-corrected chi connectivity index (χ2v) is 6.35. The largest absolute Gasteiger partial charge is 0.372 e. The van der Waals surface area contributed by atoms with Gasteiger partial charge in [0, 0.05) is 19.5 Å². The molecule has 1 aliphatic heterocycles. The third-order valence-electron chi connectivity index (χ3n) is 3.88. The highest BCUT2D eigenvalue weighted by Gasteiger charge is 2.29. The maximum Gasteiger partial charge on any atom is 0.223 e. The van der Waals surface area contributed by atoms with Crippen molar-refractivity contribution in [2.24, 2.45) is 0 Å². The molecule has 1 heterocycles. The molecule has 1 aromatic carbocycles. The number of amides is 1. The van der Waals surface area contributed by atoms with Crippen molar-refractivity contribution in [1.82, 2.24) is 4.90 Å². The molecule has 20 heavy (non-hydrogen) atoms. The summed E-state index contributed by atoms with van der Waals surface area (Å²) in [7, 11) is 0. The minimum absolute atomic E-state index is 0.215. The van der Waals surface area contributed by atoms with Crippen LogP contribution in [0.25, 0.3) is 0 Å². The zero-order valence-electron chi connectivity index (χ0n) is 13.0. The fourth-order valence-electron chi connectivity index (χ4n) is 2.76. The average Bonchev–Trinajstić information content (AvgIpc) is 2.36. The number of morpholine rings is 1. The first-order valence-electron chi connectivity index (χ1n) is 7.35. The van der Waals surface area contributed by atoms with Crippen molar-refractivity contribution in [3.05, 3.63) is 34.9 Å². The van der Waals surface area contributed by atoms with Gasteiger partial charge in [-0.2, -0.15) is 0 Å². The fourth-order valence-corrected chi connectivity index (χ4v) is 2.76. The van der Waals surface area contributed by atoms with Gasteiger partial charge in [0.15, 0.2) is 0 Å². The minimum atomic E-state index is -0.215. The number of aryl methyl sites for hydroxylation is 3. The summed E-state index contributed by atoms with van der Waals surface area (Å²) >= 11 is 0. The van der Waals surface area contributed by atoms with Crippen LogP contribution in [0, 0.1) is 13.8 Å². The van der Waals surface area contributed by atoms with E-state index in [4.69, 9.17) is 4.74 Å². The predicted octanol–water partition coefficient (Wildman–Crippen LogP) is 2.87. The average molecular weight is 275 g/mol. The zero-order chi connectivity index (χ0) is 14.8. The van der Waals surface area contributed by atoms with Gasteiger partial charge in [0.05, 0.1) is 12.2 Å². The van der Waals surface area contributed by atoms with Crippen molar-refractivity contribution in [2.45, 2.75) is 46.1 Å². The van der Waals surface area contributed by atoms with Crippen LogP contribution in [-0.2, 0) is 16.0 Å². The molecule has 1 saturated heterocycles. The van der Waals surface area contributed by atoms with Gasteiger partial charge in [0.2, 0.25) is 5.91 Å². The molecule has 3 nitrogen and oxygen atoms in total. The molecule has 0 saturated carbocycles. The van der Waals surface area contributed by atoms with E-state index in [-0.39, 0.29) is 11.5 Å². The van der Waals surface area contributed by atoms with Crippen molar-refractivity contribution in [3.8, 4) is 0 Å². The van der Waals surface area contributed by atoms with E-state index < -0.39 is 0 Å². The smallest absolute Gasteiger partial charge is 0.223 e. The first-order valence-corrected chi connectivity index (χ1v) is 7.35. The van der Waals surface area contributed by atoms with Gasteiger partial charge in [-0.05, 0) is 45.2 Å². The predicted molar refractivity (Wildman–Crippen MR) is 80.8 cm³/mol. The molecule has 1 aromatic rings. The second kappa shape index (κ2) is 5.96. The highest BCUT2D eigenvalue weighted by molar-refractivity contribution is 5.76. The number of benzene rings is 1. The third kappa shape index (κ3) is 3.83. The lowest BCUT2D eigenvalue weighted by atomic mass is 10.0. The molecule has 1 amide bonds. The highest BCUT2D eigenvalue weighted by atomic mass is 16.5. The van der Waals surface area contributed by atoms with E-state index in [9.17, 15) is 4.79 Å². The van der Waals surface area contributed by atoms with Crippen LogP contribution >= 0.6 is 0 Å². The monoisotopic (exact) mass is 275 g/mol. The summed E-state index contributed by atoms with van der Waals surface area (Å²) in [6.45, 7) is 10.3. The number of hydrogen-bond donors (Lipinski definition) is 0. The van der Waals surface area contributed by atoms with Gasteiger partial charge >= 0.3 is 0 Å². The van der Waals surface area contributed by atoms with E-state index in [2.05, 4.69) is 32.0 Å². The van der Waals surface area contributed by atoms with E-state index in [0.717, 1.165) is 13.0 Å². The topological polar surface area (TPSA) is 29.5 Å². The van der Waals surface area contributed by atoms with Crippen molar-refractivity contribution < 1.29 is 9.53 Å². The molecule has 0 N–H and O–H groups in total. The molecule has 110 valence electrons. The number of rotatable bonds is 3. The summed E-state index contributed by atoms with van der Waals surface area (Å²) in [6, 6.07) is 6.43. The maximum atomic E-state index is 12.3. The molecule has 0 aliphatic carbocycles. The van der Waals surface area contributed by atoms with Crippen molar-refractivity contribution in [2.75, 3.05) is 19.7 Å². The molecule has 0 spiro atoms. The molecule has 0 bridgehead atoms. The summed E-state index contributed by atoms with van der Waals surface area (Å²) in [6.07, 6.45) is 1.41. The van der Waals surface area contributed by atoms with Crippen LogP contribution in [0.4, 0.5) is 0 Å². The first-order chi connectivity index (χ1) is 9.37. The van der Waals surface area contributed by atoms with Gasteiger partial charge in [0.1, 0.15) is 0 Å². The number of carbonyl (C=O) groups is 1.